The number of hydrogen-bond acceptors (Lipinski definition) is 6. The van der Waals surface area contributed by atoms with Crippen LogP contribution in [0.3, 0.4) is 0 Å². The van der Waals surface area contributed by atoms with Crippen LogP contribution in [-0.4, -0.2) is 22.5 Å². The Bertz CT molecular complexity index is 958. The lowest BCUT2D eigenvalue weighted by Gasteiger charge is -2.14. The largest absolute Gasteiger partial charge is 0.462 e. The van der Waals surface area contributed by atoms with Crippen LogP contribution in [-0.2, 0) is 11.3 Å². The van der Waals surface area contributed by atoms with Crippen molar-refractivity contribution in [3.05, 3.63) is 76.0 Å². The highest BCUT2D eigenvalue weighted by Crippen LogP contribution is 2.30. The third-order valence-electron chi connectivity index (χ3n) is 3.87. The summed E-state index contributed by atoms with van der Waals surface area (Å²) in [5, 5.41) is 14.8. The van der Waals surface area contributed by atoms with Crippen molar-refractivity contribution in [2.75, 3.05) is 11.9 Å². The number of esters is 1. The summed E-state index contributed by atoms with van der Waals surface area (Å²) < 4.78 is 5.09. The van der Waals surface area contributed by atoms with E-state index in [-0.39, 0.29) is 17.9 Å². The van der Waals surface area contributed by atoms with Gasteiger partial charge in [-0.3, -0.25) is 15.1 Å². The molecule has 7 nitrogen and oxygen atoms in total. The molecule has 26 heavy (non-hydrogen) atoms. The maximum Gasteiger partial charge on any atom is 0.341 e. The Balaban J connectivity index is 2.09. The molecule has 0 spiro atoms. The summed E-state index contributed by atoms with van der Waals surface area (Å²) >= 11 is 0. The SMILES string of the molecule is CCOC(=O)c1cnc2ccc([N+](=O)[O-])cc2c1NCc1ccccc1. The van der Waals surface area contributed by atoms with Crippen LogP contribution in [0.5, 0.6) is 0 Å². The van der Waals surface area contributed by atoms with Crippen LogP contribution >= 0.6 is 0 Å². The molecule has 7 heteroatoms. The number of benzene rings is 2. The van der Waals surface area contributed by atoms with Gasteiger partial charge in [-0.25, -0.2) is 4.79 Å². The number of anilines is 1. The van der Waals surface area contributed by atoms with Gasteiger partial charge in [-0.1, -0.05) is 30.3 Å². The summed E-state index contributed by atoms with van der Waals surface area (Å²) in [7, 11) is 0. The van der Waals surface area contributed by atoms with Crippen molar-refractivity contribution in [3.8, 4) is 0 Å². The number of carbonyl (C=O) groups excluding carboxylic acids is 1. The van der Waals surface area contributed by atoms with Crippen LogP contribution < -0.4 is 5.32 Å². The Labute approximate surface area is 149 Å². The Morgan fingerprint density at radius 3 is 2.69 bits per heavy atom. The van der Waals surface area contributed by atoms with E-state index < -0.39 is 10.9 Å². The first kappa shape index (κ1) is 17.3. The number of nitro groups is 1. The van der Waals surface area contributed by atoms with E-state index in [0.29, 0.717) is 23.1 Å². The Kier molecular flexibility index (Phi) is 5.07. The van der Waals surface area contributed by atoms with Gasteiger partial charge in [0.2, 0.25) is 0 Å². The van der Waals surface area contributed by atoms with Crippen molar-refractivity contribution in [2.45, 2.75) is 13.5 Å². The van der Waals surface area contributed by atoms with E-state index in [0.717, 1.165) is 5.56 Å². The molecule has 132 valence electrons. The molecular weight excluding hydrogens is 334 g/mol. The van der Waals surface area contributed by atoms with E-state index in [1.807, 2.05) is 30.3 Å². The molecular formula is C19H17N3O4. The average Bonchev–Trinajstić information content (AvgIpc) is 2.66. The molecule has 0 amide bonds. The van der Waals surface area contributed by atoms with Crippen molar-refractivity contribution >= 4 is 28.2 Å². The van der Waals surface area contributed by atoms with E-state index in [2.05, 4.69) is 10.3 Å². The number of carbonyl (C=O) groups is 1. The number of ether oxygens (including phenoxy) is 1. The van der Waals surface area contributed by atoms with Crippen LogP contribution in [0.2, 0.25) is 0 Å². The molecule has 0 saturated carbocycles. The fraction of sp³-hybridized carbons (Fsp3) is 0.158. The minimum atomic E-state index is -0.524. The lowest BCUT2D eigenvalue weighted by Crippen LogP contribution is -2.11. The van der Waals surface area contributed by atoms with Crippen molar-refractivity contribution < 1.29 is 14.5 Å². The molecule has 0 saturated heterocycles. The molecule has 0 atom stereocenters. The molecule has 1 heterocycles. The number of nitro benzene ring substituents is 1. The predicted molar refractivity (Wildman–Crippen MR) is 98.1 cm³/mol. The highest BCUT2D eigenvalue weighted by Gasteiger charge is 2.18. The second-order valence-electron chi connectivity index (χ2n) is 5.57. The van der Waals surface area contributed by atoms with E-state index in [4.69, 9.17) is 4.74 Å². The molecule has 1 N–H and O–H groups in total. The van der Waals surface area contributed by atoms with Gasteiger partial charge in [0.25, 0.3) is 5.69 Å². The monoisotopic (exact) mass is 351 g/mol. The molecule has 0 aliphatic rings. The Morgan fingerprint density at radius 1 is 1.23 bits per heavy atom. The minimum absolute atomic E-state index is 0.0666. The summed E-state index contributed by atoms with van der Waals surface area (Å²) in [5.74, 6) is -0.524. The summed E-state index contributed by atoms with van der Waals surface area (Å²) in [4.78, 5) is 27.2. The van der Waals surface area contributed by atoms with Gasteiger partial charge in [0.05, 0.1) is 22.7 Å². The smallest absolute Gasteiger partial charge is 0.341 e. The number of aromatic nitrogens is 1. The third kappa shape index (κ3) is 3.61. The van der Waals surface area contributed by atoms with Gasteiger partial charge >= 0.3 is 5.97 Å². The van der Waals surface area contributed by atoms with E-state index in [9.17, 15) is 14.9 Å². The van der Waals surface area contributed by atoms with Gasteiger partial charge in [-0.15, -0.1) is 0 Å². The predicted octanol–water partition coefficient (Wildman–Crippen LogP) is 3.93. The molecule has 0 aliphatic carbocycles. The van der Waals surface area contributed by atoms with Crippen molar-refractivity contribution in [3.63, 3.8) is 0 Å². The summed E-state index contributed by atoms with van der Waals surface area (Å²) in [5.41, 5.74) is 2.22. The molecule has 0 aliphatic heterocycles. The number of hydrogen-bond donors (Lipinski definition) is 1. The third-order valence-corrected chi connectivity index (χ3v) is 3.87. The second-order valence-corrected chi connectivity index (χ2v) is 5.57. The zero-order valence-corrected chi connectivity index (χ0v) is 14.1. The molecule has 0 radical (unpaired) electrons. The lowest BCUT2D eigenvalue weighted by atomic mass is 10.1. The van der Waals surface area contributed by atoms with Gasteiger partial charge in [-0.05, 0) is 18.6 Å². The van der Waals surface area contributed by atoms with Crippen molar-refractivity contribution in [1.82, 2.24) is 4.98 Å². The van der Waals surface area contributed by atoms with E-state index >= 15 is 0 Å². The van der Waals surface area contributed by atoms with Crippen LogP contribution in [0.4, 0.5) is 11.4 Å². The molecule has 3 aromatic rings. The number of non-ortho nitro benzene ring substituents is 1. The van der Waals surface area contributed by atoms with E-state index in [1.165, 1.54) is 18.3 Å². The first-order valence-electron chi connectivity index (χ1n) is 8.12. The summed E-state index contributed by atoms with van der Waals surface area (Å²) in [6, 6.07) is 14.0. The summed E-state index contributed by atoms with van der Waals surface area (Å²) in [6.07, 6.45) is 1.43. The molecule has 3 rings (SSSR count). The normalized spacial score (nSPS) is 10.5. The van der Waals surface area contributed by atoms with Crippen LogP contribution in [0, 0.1) is 10.1 Å². The number of pyridine rings is 1. The topological polar surface area (TPSA) is 94.4 Å². The zero-order valence-electron chi connectivity index (χ0n) is 14.1. The van der Waals surface area contributed by atoms with Crippen LogP contribution in [0.15, 0.2) is 54.7 Å². The summed E-state index contributed by atoms with van der Waals surface area (Å²) in [6.45, 7) is 2.40. The van der Waals surface area contributed by atoms with E-state index in [1.54, 1.807) is 13.0 Å². The zero-order chi connectivity index (χ0) is 18.5. The standard InChI is InChI=1S/C19H17N3O4/c1-2-26-19(23)16-12-20-17-9-8-14(22(24)25)10-15(17)18(16)21-11-13-6-4-3-5-7-13/h3-10,12H,2,11H2,1H3,(H,20,21). The molecule has 2 aromatic carbocycles. The first-order chi connectivity index (χ1) is 12.6. The molecule has 1 aromatic heterocycles. The van der Waals surface area contributed by atoms with Crippen molar-refractivity contribution in [2.24, 2.45) is 0 Å². The Hall–Kier alpha value is -3.48. The number of fused-ring (bicyclic) bond motifs is 1. The molecule has 0 unspecified atom stereocenters. The first-order valence-corrected chi connectivity index (χ1v) is 8.12. The van der Waals surface area contributed by atoms with Gasteiger partial charge in [0, 0.05) is 30.3 Å². The highest BCUT2D eigenvalue weighted by molar-refractivity contribution is 6.05. The maximum absolute atomic E-state index is 12.3. The highest BCUT2D eigenvalue weighted by atomic mass is 16.6. The molecule has 0 fully saturated rings. The lowest BCUT2D eigenvalue weighted by molar-refractivity contribution is -0.384. The van der Waals surface area contributed by atoms with Gasteiger partial charge in [0.15, 0.2) is 0 Å². The average molecular weight is 351 g/mol. The van der Waals surface area contributed by atoms with Crippen LogP contribution in [0.1, 0.15) is 22.8 Å². The minimum Gasteiger partial charge on any atom is -0.462 e. The van der Waals surface area contributed by atoms with Gasteiger partial charge in [-0.2, -0.15) is 0 Å². The molecule has 0 bridgehead atoms. The number of nitrogens with one attached hydrogen (secondary N) is 1. The van der Waals surface area contributed by atoms with Crippen LogP contribution in [0.25, 0.3) is 10.9 Å². The number of nitrogens with zero attached hydrogens (tertiary/aromatic N) is 2. The fourth-order valence-corrected chi connectivity index (χ4v) is 2.63. The van der Waals surface area contributed by atoms with Gasteiger partial charge in [0.1, 0.15) is 5.56 Å². The maximum atomic E-state index is 12.3. The number of rotatable bonds is 6. The Morgan fingerprint density at radius 2 is 2.00 bits per heavy atom. The van der Waals surface area contributed by atoms with Crippen molar-refractivity contribution in [1.29, 1.82) is 0 Å². The van der Waals surface area contributed by atoms with Gasteiger partial charge < -0.3 is 10.1 Å². The quantitative estimate of drug-likeness (QED) is 0.411. The second kappa shape index (κ2) is 7.60. The fourth-order valence-electron chi connectivity index (χ4n) is 2.63.